The van der Waals surface area contributed by atoms with E-state index in [0.717, 1.165) is 111 Å². The van der Waals surface area contributed by atoms with E-state index in [1.165, 1.54) is 51.4 Å². The molecule has 10 aromatic heterocycles. The number of rotatable bonds is 17. The summed E-state index contributed by atoms with van der Waals surface area (Å²) in [5.41, 5.74) is 6.19. The summed E-state index contributed by atoms with van der Waals surface area (Å²) in [6.07, 6.45) is 12.3. The molecule has 732 valence electrons. The Hall–Kier alpha value is -8.40. The molecule has 10 aromatic rings. The van der Waals surface area contributed by atoms with Crippen LogP contribution in [0.4, 0.5) is 0 Å². The third-order valence-electron chi connectivity index (χ3n) is 22.0. The maximum absolute atomic E-state index is 5.81. The molecule has 0 radical (unpaired) electrons. The summed E-state index contributed by atoms with van der Waals surface area (Å²) in [6, 6.07) is 8.96. The van der Waals surface area contributed by atoms with Crippen LogP contribution in [0.1, 0.15) is 544 Å². The quantitative estimate of drug-likeness (QED) is 0.0817. The van der Waals surface area contributed by atoms with Crippen LogP contribution in [0.3, 0.4) is 0 Å². The van der Waals surface area contributed by atoms with Crippen molar-refractivity contribution in [2.24, 2.45) is 0 Å². The second-order valence-electron chi connectivity index (χ2n) is 46.6. The summed E-state index contributed by atoms with van der Waals surface area (Å²) < 4.78 is 54.6. The molecular weight excluding hydrogens is 1640 g/mol. The third-order valence-corrected chi connectivity index (χ3v) is 22.0. The maximum atomic E-state index is 5.81. The van der Waals surface area contributed by atoms with Gasteiger partial charge in [0.2, 0.25) is 35.3 Å². The lowest BCUT2D eigenvalue weighted by molar-refractivity contribution is -0.130. The summed E-state index contributed by atoms with van der Waals surface area (Å²) in [6.45, 7) is 96.9. The largest absolute Gasteiger partial charge is 0.424 e. The highest BCUT2D eigenvalue weighted by atomic mass is 16.5. The van der Waals surface area contributed by atoms with Crippen LogP contribution in [0.15, 0.2) is 71.1 Å². The number of aromatic nitrogens is 17. The van der Waals surface area contributed by atoms with E-state index >= 15 is 0 Å². The molecule has 0 bridgehead atoms. The molecule has 0 atom stereocenters. The van der Waals surface area contributed by atoms with Gasteiger partial charge in [-0.15, -0.1) is 15.3 Å². The molecule has 0 amide bonds. The van der Waals surface area contributed by atoms with E-state index in [2.05, 4.69) is 383 Å². The van der Waals surface area contributed by atoms with Gasteiger partial charge in [0, 0.05) is 135 Å². The summed E-state index contributed by atoms with van der Waals surface area (Å²) >= 11 is 0. The molecule has 11 heterocycles. The molecule has 0 unspecified atom stereocenters. The summed E-state index contributed by atoms with van der Waals surface area (Å²) in [7, 11) is 0. The van der Waals surface area contributed by atoms with E-state index < -0.39 is 0 Å². The van der Waals surface area contributed by atoms with Crippen molar-refractivity contribution in [1.29, 1.82) is 0 Å². The van der Waals surface area contributed by atoms with Gasteiger partial charge in [-0.3, -0.25) is 4.90 Å². The van der Waals surface area contributed by atoms with Crippen LogP contribution in [-0.2, 0) is 48.2 Å². The van der Waals surface area contributed by atoms with Crippen molar-refractivity contribution < 1.29 is 45.3 Å². The lowest BCUT2D eigenvalue weighted by atomic mass is 9.92. The SMILES string of the molecule is CC(C)N1CC(OC(C)(C)C)C1.CC(C)c1cc(C(C)(C)C)on1.CC(C)c1cc(C(C)C)on1.CC(C)c1cc(C2(C)CC2)on1.CC(C)c1cc(C2CC2)no1.CC(C)c1cn(C(C)(C)C)nn1.CC(C)c1nc(C(C)(C)C)no1.CC(C)c1nc(C2(C)CC2)no1.CC(C)c1nnc(C(C)(C)C)o1.CC(C)c1noc(C(C)(C)C)n1.CC(C)c1noc(C2(C)CC2)n1. The van der Waals surface area contributed by atoms with Gasteiger partial charge < -0.3 is 45.3 Å². The van der Waals surface area contributed by atoms with Gasteiger partial charge >= 0.3 is 0 Å². The monoisotopic (exact) mass is 1810 g/mol. The Kier molecular flexibility index (Phi) is 40.5. The average Bonchev–Trinajstić information content (AvgIpc) is 1.63. The molecule has 4 aliphatic carbocycles. The minimum atomic E-state index is -0.0415. The van der Waals surface area contributed by atoms with Gasteiger partial charge in [-0.25, -0.2) is 4.68 Å². The van der Waals surface area contributed by atoms with E-state index in [1.54, 1.807) is 0 Å². The predicted octanol–water partition coefficient (Wildman–Crippen LogP) is 27.6. The fourth-order valence-corrected chi connectivity index (χ4v) is 11.1. The lowest BCUT2D eigenvalue weighted by Crippen LogP contribution is -2.56. The first-order valence-corrected chi connectivity index (χ1v) is 48.1. The minimum Gasteiger partial charge on any atom is -0.424 e. The second-order valence-corrected chi connectivity index (χ2v) is 46.6. The molecule has 0 spiro atoms. The first kappa shape index (κ1) is 112. The molecule has 28 heteroatoms. The minimum absolute atomic E-state index is 0.0172. The van der Waals surface area contributed by atoms with E-state index in [4.69, 9.17) is 45.3 Å². The molecule has 0 N–H and O–H groups in total. The number of hydrogen-bond donors (Lipinski definition) is 0. The molecule has 4 saturated carbocycles. The molecule has 5 aliphatic rings. The van der Waals surface area contributed by atoms with Crippen molar-refractivity contribution in [3.63, 3.8) is 0 Å². The highest BCUT2D eigenvalue weighted by molar-refractivity contribution is 5.24. The fraction of sp³-hybridized carbons (Fsp3) is 0.765. The van der Waals surface area contributed by atoms with E-state index in [1.807, 2.05) is 50.7 Å². The first-order valence-electron chi connectivity index (χ1n) is 48.1. The van der Waals surface area contributed by atoms with Crippen LogP contribution in [0.25, 0.3) is 0 Å². The van der Waals surface area contributed by atoms with Gasteiger partial charge in [0.05, 0.1) is 45.7 Å². The molecule has 5 fully saturated rings. The zero-order chi connectivity index (χ0) is 98.7. The number of likely N-dealkylation sites (tertiary alicyclic amines) is 1. The molecule has 0 aromatic carbocycles. The Balaban J connectivity index is 0.000000253. The lowest BCUT2D eigenvalue weighted by Gasteiger charge is -2.44. The van der Waals surface area contributed by atoms with Gasteiger partial charge in [0.15, 0.2) is 23.3 Å². The van der Waals surface area contributed by atoms with Crippen molar-refractivity contribution in [1.82, 2.24) is 91.3 Å². The number of hydrogen-bond acceptors (Lipinski definition) is 27. The Morgan fingerprint density at radius 1 is 0.369 bits per heavy atom. The van der Waals surface area contributed by atoms with E-state index in [9.17, 15) is 0 Å². The van der Waals surface area contributed by atoms with Gasteiger partial charge in [-0.2, -0.15) is 19.9 Å². The average molecular weight is 1810 g/mol. The third kappa shape index (κ3) is 37.2. The summed E-state index contributed by atoms with van der Waals surface area (Å²) in [5.74, 6) is 16.9. The second kappa shape index (κ2) is 47.0. The summed E-state index contributed by atoms with van der Waals surface area (Å²) in [5, 5.41) is 47.9. The van der Waals surface area contributed by atoms with E-state index in [0.29, 0.717) is 100 Å². The van der Waals surface area contributed by atoms with Crippen LogP contribution in [0.2, 0.25) is 0 Å². The van der Waals surface area contributed by atoms with Gasteiger partial charge in [0.25, 0.3) is 0 Å². The van der Waals surface area contributed by atoms with Crippen molar-refractivity contribution in [3.05, 3.63) is 141 Å². The van der Waals surface area contributed by atoms with Crippen LogP contribution >= 0.6 is 0 Å². The van der Waals surface area contributed by atoms with Crippen molar-refractivity contribution in [2.45, 2.75) is 495 Å². The Morgan fingerprint density at radius 3 is 1.15 bits per heavy atom. The van der Waals surface area contributed by atoms with Gasteiger partial charge in [0.1, 0.15) is 23.0 Å². The molecular formula is C102H174N18O10. The van der Waals surface area contributed by atoms with Crippen LogP contribution < -0.4 is 0 Å². The number of ether oxygens (including phenoxy) is 1. The Morgan fingerprint density at radius 2 is 0.831 bits per heavy atom. The van der Waals surface area contributed by atoms with Crippen LogP contribution in [0.5, 0.6) is 0 Å². The standard InChI is InChI=1S/C10H15NO.C10H21NO.C10H17NO.C9H17N3.2C9H14N2O.3C9H16N2O.C9H13NO.C9H15NO/c1-7(2)8-6-9(12-11-8)10(3)4-5-10;1-8(2)11-6-9(7-11)12-10(3,4)5;1-7(2)8-6-9(12-11-8)10(3,4)5;1-7(2)8-6-12(11-10-8)9(3,4)5;1-6(2)7-10-8(11-12-7)9(3)4-5-9;1-6(2)7-10-8(12-11-7)9(3)4-5-9;1-6(2)7-10-11-8(12-7)9(3,4)5;1-6(2)7-10-8(11-12-7)9(3,4)5;1-6(2)7-10-8(12-11-7)9(3,4)5;1-6(2)9-5-8(10-11-9)7-3-4-7;1-6(2)8-5-9(7(3)4)11-10-8/h6-7H,4-5H2,1-3H3;8-9H,6-7H2,1-5H3;2*6-7H,1-5H3;2*6H,4-5H2,1-3H3;3*6H,1-5H3;5-7H,3-4H2,1-2H3;5-7H,1-4H3. The molecule has 1 aliphatic heterocycles. The highest BCUT2D eigenvalue weighted by Crippen LogP contribution is 2.49. The smallest absolute Gasteiger partial charge is 0.232 e. The van der Waals surface area contributed by atoms with Crippen molar-refractivity contribution in [2.75, 3.05) is 13.1 Å². The molecule has 28 nitrogen and oxygen atoms in total. The summed E-state index contributed by atoms with van der Waals surface area (Å²) in [4.78, 5) is 19.8. The van der Waals surface area contributed by atoms with Crippen LogP contribution in [-0.4, -0.2) is 122 Å². The Bertz CT molecular complexity index is 4100. The fourth-order valence-electron chi connectivity index (χ4n) is 11.1. The molecule has 15 rings (SSSR count). The van der Waals surface area contributed by atoms with Crippen molar-refractivity contribution >= 4 is 0 Å². The Labute approximate surface area is 781 Å². The molecule has 130 heavy (non-hydrogen) atoms. The van der Waals surface area contributed by atoms with Crippen LogP contribution in [0, 0.1) is 0 Å². The normalized spacial score (nSPS) is 15.8. The van der Waals surface area contributed by atoms with Crippen molar-refractivity contribution in [3.8, 4) is 0 Å². The number of nitrogens with zero attached hydrogens (tertiary/aromatic N) is 18. The zero-order valence-electron chi connectivity index (χ0n) is 89.2. The highest BCUT2D eigenvalue weighted by Gasteiger charge is 2.46. The predicted molar refractivity (Wildman–Crippen MR) is 515 cm³/mol. The maximum Gasteiger partial charge on any atom is 0.232 e. The first-order chi connectivity index (χ1) is 59.7. The molecule has 1 saturated heterocycles. The van der Waals surface area contributed by atoms with E-state index in [-0.39, 0.29) is 43.6 Å². The van der Waals surface area contributed by atoms with Gasteiger partial charge in [-0.05, 0) is 130 Å². The topological polar surface area (TPSA) is 342 Å². The van der Waals surface area contributed by atoms with Gasteiger partial charge in [-0.1, -0.05) is 303 Å². The zero-order valence-corrected chi connectivity index (χ0v) is 89.2.